The van der Waals surface area contributed by atoms with Crippen LogP contribution in [-0.4, -0.2) is 18.4 Å². The Hall–Kier alpha value is -1.64. The third kappa shape index (κ3) is 3.54. The second-order valence-electron chi connectivity index (χ2n) is 2.98. The lowest BCUT2D eigenvalue weighted by atomic mass is 10.1. The molecule has 80 valence electrons. The predicted octanol–water partition coefficient (Wildman–Crippen LogP) is 3.04. The summed E-state index contributed by atoms with van der Waals surface area (Å²) in [7, 11) is 0. The monoisotopic (exact) mass is 205 g/mol. The number of carbonyl (C=O) groups excluding carboxylic acids is 1. The minimum atomic E-state index is -0.516. The molecule has 1 aromatic rings. The van der Waals surface area contributed by atoms with Crippen LogP contribution < -0.4 is 0 Å². The first-order chi connectivity index (χ1) is 7.27. The lowest BCUT2D eigenvalue weighted by Gasteiger charge is -2.03. The third-order valence-electron chi connectivity index (χ3n) is 1.94. The lowest BCUT2D eigenvalue weighted by Crippen LogP contribution is -2.05. The number of rotatable bonds is 3. The van der Waals surface area contributed by atoms with Crippen LogP contribution in [0, 0.1) is 0 Å². The van der Waals surface area contributed by atoms with Crippen LogP contribution in [0.1, 0.15) is 25.8 Å². The van der Waals surface area contributed by atoms with E-state index in [1.807, 2.05) is 37.3 Å². The summed E-state index contributed by atoms with van der Waals surface area (Å²) >= 11 is 0. The largest absolute Gasteiger partial charge is 0.448 e. The highest BCUT2D eigenvalue weighted by atomic mass is 16.5. The summed E-state index contributed by atoms with van der Waals surface area (Å²) in [5, 5.41) is 0. The maximum absolute atomic E-state index is 11.2. The van der Waals surface area contributed by atoms with Crippen molar-refractivity contribution in [3.05, 3.63) is 35.9 Å². The van der Waals surface area contributed by atoms with Gasteiger partial charge in [-0.05, 0) is 18.9 Å². The van der Waals surface area contributed by atoms with Crippen LogP contribution in [0.2, 0.25) is 0 Å². The molecule has 0 N–H and O–H groups in total. The third-order valence-corrected chi connectivity index (χ3v) is 1.94. The number of benzene rings is 1. The van der Waals surface area contributed by atoms with E-state index >= 15 is 0 Å². The van der Waals surface area contributed by atoms with Gasteiger partial charge in [0.2, 0.25) is 0 Å². The molecule has 0 atom stereocenters. The molecule has 15 heavy (non-hydrogen) atoms. The fourth-order valence-corrected chi connectivity index (χ4v) is 1.24. The molecule has 0 aliphatic carbocycles. The minimum absolute atomic E-state index is 0.355. The number of nitrogens with zero attached hydrogens (tertiary/aromatic N) is 1. The van der Waals surface area contributed by atoms with Crippen LogP contribution in [0.3, 0.4) is 0 Å². The molecule has 0 aromatic heterocycles. The Bertz CT molecular complexity index is 344. The number of carbonyl (C=O) groups is 1. The van der Waals surface area contributed by atoms with E-state index in [0.29, 0.717) is 13.0 Å². The van der Waals surface area contributed by atoms with Gasteiger partial charge in [-0.3, -0.25) is 0 Å². The molecule has 0 heterocycles. The zero-order valence-corrected chi connectivity index (χ0v) is 9.06. The van der Waals surface area contributed by atoms with Crippen molar-refractivity contribution in [3.63, 3.8) is 0 Å². The molecule has 0 aliphatic heterocycles. The Morgan fingerprint density at radius 2 is 1.93 bits per heavy atom. The standard InChI is InChI=1S/C12H15NO2/c1-3-11(13-12(14)15-4-2)10-8-6-5-7-9-10/h5-9H,3-4H2,1-2H3. The topological polar surface area (TPSA) is 38.7 Å². The van der Waals surface area contributed by atoms with Crippen molar-refractivity contribution in [2.45, 2.75) is 20.3 Å². The minimum Gasteiger partial charge on any atom is -0.448 e. The summed E-state index contributed by atoms with van der Waals surface area (Å²) in [6.07, 6.45) is 0.196. The quantitative estimate of drug-likeness (QED) is 0.711. The number of hydrogen-bond acceptors (Lipinski definition) is 2. The molecule has 0 fully saturated rings. The van der Waals surface area contributed by atoms with E-state index in [-0.39, 0.29) is 0 Å². The molecule has 0 unspecified atom stereocenters. The maximum atomic E-state index is 11.2. The van der Waals surface area contributed by atoms with Gasteiger partial charge in [0.1, 0.15) is 0 Å². The van der Waals surface area contributed by atoms with Crippen molar-refractivity contribution in [2.75, 3.05) is 6.61 Å². The molecule has 3 nitrogen and oxygen atoms in total. The molecule has 0 saturated carbocycles. The Balaban J connectivity index is 2.84. The Kier molecular flexibility index (Phi) is 4.54. The SMILES string of the molecule is CCOC(=O)N=C(CC)c1ccccc1. The van der Waals surface area contributed by atoms with Crippen molar-refractivity contribution < 1.29 is 9.53 Å². The molecule has 0 spiro atoms. The van der Waals surface area contributed by atoms with Gasteiger partial charge in [-0.15, -0.1) is 0 Å². The van der Waals surface area contributed by atoms with Gasteiger partial charge in [-0.25, -0.2) is 4.79 Å². The molecule has 1 rings (SSSR count). The smallest absolute Gasteiger partial charge is 0.433 e. The average molecular weight is 205 g/mol. The number of ether oxygens (including phenoxy) is 1. The van der Waals surface area contributed by atoms with Gasteiger partial charge < -0.3 is 4.74 Å². The predicted molar refractivity (Wildman–Crippen MR) is 60.3 cm³/mol. The summed E-state index contributed by atoms with van der Waals surface area (Å²) in [4.78, 5) is 15.1. The molecule has 1 amide bonds. The summed E-state index contributed by atoms with van der Waals surface area (Å²) < 4.78 is 4.77. The van der Waals surface area contributed by atoms with Gasteiger partial charge in [-0.1, -0.05) is 37.3 Å². The van der Waals surface area contributed by atoms with Crippen molar-refractivity contribution in [1.29, 1.82) is 0 Å². The first-order valence-electron chi connectivity index (χ1n) is 5.07. The normalized spacial score (nSPS) is 11.2. The number of amides is 1. The molecule has 1 aromatic carbocycles. The second-order valence-corrected chi connectivity index (χ2v) is 2.98. The highest BCUT2D eigenvalue weighted by Crippen LogP contribution is 2.05. The maximum Gasteiger partial charge on any atom is 0.433 e. The van der Waals surface area contributed by atoms with Crippen LogP contribution in [0.4, 0.5) is 4.79 Å². The molecule has 0 aliphatic rings. The first kappa shape index (κ1) is 11.4. The Morgan fingerprint density at radius 3 is 2.47 bits per heavy atom. The summed E-state index contributed by atoms with van der Waals surface area (Å²) in [5.41, 5.74) is 1.72. The fourth-order valence-electron chi connectivity index (χ4n) is 1.24. The van der Waals surface area contributed by atoms with Gasteiger partial charge in [0, 0.05) is 0 Å². The van der Waals surface area contributed by atoms with E-state index in [9.17, 15) is 4.79 Å². The molecule has 0 bridgehead atoms. The van der Waals surface area contributed by atoms with Crippen LogP contribution >= 0.6 is 0 Å². The number of aliphatic imine (C=N–C) groups is 1. The van der Waals surface area contributed by atoms with Gasteiger partial charge >= 0.3 is 6.09 Å². The summed E-state index contributed by atoms with van der Waals surface area (Å²) in [6.45, 7) is 4.08. The van der Waals surface area contributed by atoms with E-state index in [1.165, 1.54) is 0 Å². The van der Waals surface area contributed by atoms with E-state index in [0.717, 1.165) is 11.3 Å². The molecular formula is C12H15NO2. The van der Waals surface area contributed by atoms with Crippen LogP contribution in [0.5, 0.6) is 0 Å². The lowest BCUT2D eigenvalue weighted by molar-refractivity contribution is 0.163. The van der Waals surface area contributed by atoms with Crippen molar-refractivity contribution in [3.8, 4) is 0 Å². The van der Waals surface area contributed by atoms with Crippen LogP contribution in [-0.2, 0) is 4.74 Å². The van der Waals surface area contributed by atoms with Crippen molar-refractivity contribution in [1.82, 2.24) is 0 Å². The molecule has 0 saturated heterocycles. The average Bonchev–Trinajstić information content (AvgIpc) is 2.27. The zero-order chi connectivity index (χ0) is 11.1. The van der Waals surface area contributed by atoms with Gasteiger partial charge in [0.05, 0.1) is 12.3 Å². The van der Waals surface area contributed by atoms with E-state index in [1.54, 1.807) is 6.92 Å². The van der Waals surface area contributed by atoms with Gasteiger partial charge in [0.25, 0.3) is 0 Å². The second kappa shape index (κ2) is 5.96. The van der Waals surface area contributed by atoms with Gasteiger partial charge in [0.15, 0.2) is 0 Å². The molecule has 0 radical (unpaired) electrons. The highest BCUT2D eigenvalue weighted by molar-refractivity contribution is 6.05. The first-order valence-corrected chi connectivity index (χ1v) is 5.07. The zero-order valence-electron chi connectivity index (χ0n) is 9.06. The van der Waals surface area contributed by atoms with E-state index in [2.05, 4.69) is 4.99 Å². The summed E-state index contributed by atoms with van der Waals surface area (Å²) in [5.74, 6) is 0. The van der Waals surface area contributed by atoms with Crippen molar-refractivity contribution >= 4 is 11.8 Å². The van der Waals surface area contributed by atoms with E-state index in [4.69, 9.17) is 4.74 Å². The van der Waals surface area contributed by atoms with Gasteiger partial charge in [-0.2, -0.15) is 4.99 Å². The fraction of sp³-hybridized carbons (Fsp3) is 0.333. The number of hydrogen-bond donors (Lipinski definition) is 0. The van der Waals surface area contributed by atoms with Crippen molar-refractivity contribution in [2.24, 2.45) is 4.99 Å². The Labute approximate surface area is 89.8 Å². The summed E-state index contributed by atoms with van der Waals surface area (Å²) in [6, 6.07) is 9.64. The van der Waals surface area contributed by atoms with Crippen LogP contribution in [0.25, 0.3) is 0 Å². The highest BCUT2D eigenvalue weighted by Gasteiger charge is 2.04. The van der Waals surface area contributed by atoms with E-state index < -0.39 is 6.09 Å². The van der Waals surface area contributed by atoms with Crippen LogP contribution in [0.15, 0.2) is 35.3 Å². The molecule has 3 heteroatoms. The molecular weight excluding hydrogens is 190 g/mol. The Morgan fingerprint density at radius 1 is 1.27 bits per heavy atom.